The van der Waals surface area contributed by atoms with Crippen LogP contribution in [-0.4, -0.2) is 34.6 Å². The normalized spacial score (nSPS) is 16.7. The summed E-state index contributed by atoms with van der Waals surface area (Å²) in [6, 6.07) is 11.0. The third-order valence-electron chi connectivity index (χ3n) is 7.01. The predicted molar refractivity (Wildman–Crippen MR) is 147 cm³/mol. The molecule has 0 saturated heterocycles. The van der Waals surface area contributed by atoms with Crippen LogP contribution in [0.15, 0.2) is 55.0 Å². The number of aryl methyl sites for hydroxylation is 1. The fourth-order valence-corrected chi connectivity index (χ4v) is 4.88. The molecule has 1 unspecified atom stereocenters. The number of nitrogens with one attached hydrogen (secondary N) is 3. The van der Waals surface area contributed by atoms with Gasteiger partial charge < -0.3 is 15.2 Å². The lowest BCUT2D eigenvalue weighted by molar-refractivity contribution is -0.118. The molecule has 38 heavy (non-hydrogen) atoms. The van der Waals surface area contributed by atoms with Gasteiger partial charge in [0.1, 0.15) is 17.7 Å². The summed E-state index contributed by atoms with van der Waals surface area (Å²) in [6.45, 7) is 12.5. The summed E-state index contributed by atoms with van der Waals surface area (Å²) in [4.78, 5) is 18.0. The average molecular weight is 524 g/mol. The highest BCUT2D eigenvalue weighted by Gasteiger charge is 2.29. The van der Waals surface area contributed by atoms with Crippen molar-refractivity contribution in [1.82, 2.24) is 20.2 Å². The number of carbonyl (C=O) groups is 1. The van der Waals surface area contributed by atoms with Gasteiger partial charge in [-0.2, -0.15) is 0 Å². The number of imidazole rings is 1. The van der Waals surface area contributed by atoms with E-state index in [1.807, 2.05) is 41.1 Å². The van der Waals surface area contributed by atoms with Crippen molar-refractivity contribution in [1.29, 1.82) is 0 Å². The van der Waals surface area contributed by atoms with Crippen LogP contribution in [0.25, 0.3) is 0 Å². The van der Waals surface area contributed by atoms with Crippen LogP contribution < -0.4 is 16.0 Å². The number of aromatic nitrogens is 2. The molecule has 0 saturated carbocycles. The number of carbonyl (C=O) groups excluding carboxylic acids is 1. The van der Waals surface area contributed by atoms with E-state index in [4.69, 9.17) is 0 Å². The van der Waals surface area contributed by atoms with E-state index in [-0.39, 0.29) is 22.9 Å². The Morgan fingerprint density at radius 2 is 1.84 bits per heavy atom. The first-order chi connectivity index (χ1) is 17.9. The highest BCUT2D eigenvalue weighted by Crippen LogP contribution is 2.27. The van der Waals surface area contributed by atoms with Gasteiger partial charge in [0.05, 0.1) is 11.9 Å². The Labute approximate surface area is 224 Å². The molecule has 8 heteroatoms. The Kier molecular flexibility index (Phi) is 8.33. The second-order valence-electron chi connectivity index (χ2n) is 12.1. The molecule has 3 N–H and O–H groups in total. The SMILES string of the molecule is CC(C)(C)CNCC(C)(C)n1cnc(NC(=O)[C@@H](NC2CCc3cc(F)cc(F)c3C2)c2ccccc2)c1. The van der Waals surface area contributed by atoms with E-state index in [0.29, 0.717) is 36.2 Å². The zero-order valence-electron chi connectivity index (χ0n) is 22.9. The van der Waals surface area contributed by atoms with Crippen molar-refractivity contribution in [2.24, 2.45) is 5.41 Å². The molecule has 0 aliphatic heterocycles. The first kappa shape index (κ1) is 27.9. The number of hydrogen-bond acceptors (Lipinski definition) is 4. The van der Waals surface area contributed by atoms with Gasteiger partial charge in [-0.25, -0.2) is 13.8 Å². The van der Waals surface area contributed by atoms with Gasteiger partial charge in [-0.1, -0.05) is 51.1 Å². The van der Waals surface area contributed by atoms with Crippen molar-refractivity contribution >= 4 is 11.7 Å². The molecule has 1 amide bonds. The maximum absolute atomic E-state index is 14.5. The van der Waals surface area contributed by atoms with Crippen molar-refractivity contribution in [3.63, 3.8) is 0 Å². The molecule has 4 rings (SSSR count). The van der Waals surface area contributed by atoms with Gasteiger partial charge in [-0.15, -0.1) is 0 Å². The van der Waals surface area contributed by atoms with E-state index in [1.54, 1.807) is 6.33 Å². The van der Waals surface area contributed by atoms with Gasteiger partial charge in [-0.3, -0.25) is 10.1 Å². The van der Waals surface area contributed by atoms with E-state index >= 15 is 0 Å². The summed E-state index contributed by atoms with van der Waals surface area (Å²) in [5.74, 6) is -0.855. The van der Waals surface area contributed by atoms with E-state index in [9.17, 15) is 13.6 Å². The predicted octanol–water partition coefficient (Wildman–Crippen LogP) is 5.36. The van der Waals surface area contributed by atoms with E-state index in [0.717, 1.165) is 24.7 Å². The number of hydrogen-bond donors (Lipinski definition) is 3. The largest absolute Gasteiger partial charge is 0.328 e. The second kappa shape index (κ2) is 11.3. The maximum Gasteiger partial charge on any atom is 0.247 e. The fraction of sp³-hybridized carbons (Fsp3) is 0.467. The minimum Gasteiger partial charge on any atom is -0.328 e. The molecule has 0 spiro atoms. The van der Waals surface area contributed by atoms with Gasteiger partial charge in [0.15, 0.2) is 5.82 Å². The molecule has 6 nitrogen and oxygen atoms in total. The zero-order chi connectivity index (χ0) is 27.5. The number of anilines is 1. The number of fused-ring (bicyclic) bond motifs is 1. The molecular weight excluding hydrogens is 484 g/mol. The molecular formula is C30H39F2N5O. The molecule has 0 fully saturated rings. The maximum atomic E-state index is 14.5. The molecule has 3 aromatic rings. The highest BCUT2D eigenvalue weighted by molar-refractivity contribution is 5.94. The molecule has 2 aromatic carbocycles. The van der Waals surface area contributed by atoms with Crippen molar-refractivity contribution in [2.45, 2.75) is 71.5 Å². The summed E-state index contributed by atoms with van der Waals surface area (Å²) in [6.07, 6.45) is 5.20. The minimum absolute atomic E-state index is 0.135. The number of benzene rings is 2. The number of nitrogens with zero attached hydrogens (tertiary/aromatic N) is 2. The smallest absolute Gasteiger partial charge is 0.247 e. The van der Waals surface area contributed by atoms with E-state index in [2.05, 4.69) is 55.6 Å². The first-order valence-corrected chi connectivity index (χ1v) is 13.3. The van der Waals surface area contributed by atoms with Crippen LogP contribution in [-0.2, 0) is 23.2 Å². The fourth-order valence-electron chi connectivity index (χ4n) is 4.88. The van der Waals surface area contributed by atoms with Crippen molar-refractivity contribution < 1.29 is 13.6 Å². The third kappa shape index (κ3) is 7.05. The molecule has 1 heterocycles. The molecule has 0 bridgehead atoms. The van der Waals surface area contributed by atoms with Gasteiger partial charge >= 0.3 is 0 Å². The number of rotatable bonds is 9. The van der Waals surface area contributed by atoms with Crippen LogP contribution >= 0.6 is 0 Å². The highest BCUT2D eigenvalue weighted by atomic mass is 19.1. The van der Waals surface area contributed by atoms with E-state index < -0.39 is 17.7 Å². The third-order valence-corrected chi connectivity index (χ3v) is 7.01. The topological polar surface area (TPSA) is 71.0 Å². The molecule has 1 aromatic heterocycles. The van der Waals surface area contributed by atoms with Crippen LogP contribution in [0.5, 0.6) is 0 Å². The summed E-state index contributed by atoms with van der Waals surface area (Å²) in [7, 11) is 0. The number of halogens is 2. The van der Waals surface area contributed by atoms with Gasteiger partial charge in [0.2, 0.25) is 5.91 Å². The van der Waals surface area contributed by atoms with Crippen LogP contribution in [0.3, 0.4) is 0 Å². The summed E-state index contributed by atoms with van der Waals surface area (Å²) in [5, 5.41) is 9.92. The lowest BCUT2D eigenvalue weighted by Crippen LogP contribution is -2.42. The van der Waals surface area contributed by atoms with Crippen LogP contribution in [0.4, 0.5) is 14.6 Å². The van der Waals surface area contributed by atoms with Crippen molar-refractivity contribution in [3.8, 4) is 0 Å². The Morgan fingerprint density at radius 3 is 2.55 bits per heavy atom. The average Bonchev–Trinajstić information content (AvgIpc) is 3.32. The van der Waals surface area contributed by atoms with Crippen molar-refractivity contribution in [2.75, 3.05) is 18.4 Å². The zero-order valence-corrected chi connectivity index (χ0v) is 22.9. The Morgan fingerprint density at radius 1 is 1.11 bits per heavy atom. The molecule has 1 aliphatic carbocycles. The molecule has 2 atom stereocenters. The Hall–Kier alpha value is -3.10. The van der Waals surface area contributed by atoms with Crippen LogP contribution in [0, 0.1) is 17.0 Å². The monoisotopic (exact) mass is 523 g/mol. The quantitative estimate of drug-likeness (QED) is 0.353. The summed E-state index contributed by atoms with van der Waals surface area (Å²) in [5.41, 5.74) is 1.97. The first-order valence-electron chi connectivity index (χ1n) is 13.3. The van der Waals surface area contributed by atoms with Gasteiger partial charge in [-0.05, 0) is 61.3 Å². The van der Waals surface area contributed by atoms with E-state index in [1.165, 1.54) is 6.07 Å². The lowest BCUT2D eigenvalue weighted by Gasteiger charge is -2.30. The van der Waals surface area contributed by atoms with Gasteiger partial charge in [0.25, 0.3) is 0 Å². The lowest BCUT2D eigenvalue weighted by atomic mass is 9.87. The minimum atomic E-state index is -0.655. The Balaban J connectivity index is 1.46. The standard InChI is InChI=1S/C30H39F2N5O/c1-29(2,3)17-33-18-30(4,5)37-16-26(34-19-37)36-28(38)27(20-9-7-6-8-10-20)35-23-12-11-21-13-22(31)14-25(32)24(21)15-23/h6-10,13-14,16,19,23,27,33,35H,11-12,15,17-18H2,1-5H3,(H,36,38)/t23?,27-/m0/s1. The second-order valence-corrected chi connectivity index (χ2v) is 12.1. The molecule has 204 valence electrons. The van der Waals surface area contributed by atoms with Gasteiger partial charge in [0, 0.05) is 31.4 Å². The molecule has 0 radical (unpaired) electrons. The summed E-state index contributed by atoms with van der Waals surface area (Å²) >= 11 is 0. The molecule has 1 aliphatic rings. The Bertz CT molecular complexity index is 1250. The van der Waals surface area contributed by atoms with Crippen LogP contribution in [0.2, 0.25) is 0 Å². The van der Waals surface area contributed by atoms with Crippen molar-refractivity contribution in [3.05, 3.63) is 83.3 Å². The van der Waals surface area contributed by atoms with Crippen LogP contribution in [0.1, 0.15) is 63.8 Å². The number of amides is 1. The summed E-state index contributed by atoms with van der Waals surface area (Å²) < 4.78 is 30.1.